The number of allylic oxidation sites excluding steroid dienone is 3. The smallest absolute Gasteiger partial charge is 0.220 e. The topological polar surface area (TPSA) is 228 Å². The Bertz CT molecular complexity index is 1620. The molecule has 14 nitrogen and oxygen atoms in total. The van der Waals surface area contributed by atoms with Crippen molar-refractivity contribution in [3.05, 3.63) is 24.3 Å². The molecule has 2 saturated heterocycles. The van der Waals surface area contributed by atoms with E-state index in [1.807, 2.05) is 6.08 Å². The molecule has 0 aliphatic carbocycles. The lowest BCUT2D eigenvalue weighted by Crippen LogP contribution is -2.65. The monoisotopic (exact) mass is 1290 g/mol. The molecule has 2 aliphatic heterocycles. The van der Waals surface area contributed by atoms with Gasteiger partial charge in [-0.2, -0.15) is 0 Å². The van der Waals surface area contributed by atoms with E-state index in [0.717, 1.165) is 32.1 Å². The normalized spacial score (nSPS) is 22.8. The van der Waals surface area contributed by atoms with E-state index in [1.165, 1.54) is 302 Å². The number of hydrogen-bond acceptors (Lipinski definition) is 13. The van der Waals surface area contributed by atoms with Crippen molar-refractivity contribution in [2.24, 2.45) is 0 Å². The minimum atomic E-state index is -1.79. The van der Waals surface area contributed by atoms with Gasteiger partial charge in [0.25, 0.3) is 0 Å². The molecule has 12 atom stereocenters. The van der Waals surface area contributed by atoms with Gasteiger partial charge in [0.05, 0.1) is 32.0 Å². The zero-order valence-corrected chi connectivity index (χ0v) is 58.9. The number of aliphatic hydroxyl groups excluding tert-OH is 8. The van der Waals surface area contributed by atoms with Gasteiger partial charge in [0.1, 0.15) is 48.8 Å². The van der Waals surface area contributed by atoms with Crippen LogP contribution in [0.4, 0.5) is 0 Å². The van der Waals surface area contributed by atoms with Crippen LogP contribution in [0.15, 0.2) is 24.3 Å². The van der Waals surface area contributed by atoms with Gasteiger partial charge in [-0.05, 0) is 32.1 Å². The van der Waals surface area contributed by atoms with Crippen LogP contribution in [0.5, 0.6) is 0 Å². The summed E-state index contributed by atoms with van der Waals surface area (Å²) in [6.07, 6.45) is 62.6. The summed E-state index contributed by atoms with van der Waals surface area (Å²) >= 11 is 0. The van der Waals surface area contributed by atoms with Gasteiger partial charge in [0.15, 0.2) is 12.6 Å². The van der Waals surface area contributed by atoms with Crippen LogP contribution in [0.1, 0.15) is 367 Å². The molecule has 12 unspecified atom stereocenters. The first-order valence-corrected chi connectivity index (χ1v) is 39.1. The Labute approximate surface area is 558 Å². The van der Waals surface area contributed by atoms with Crippen LogP contribution in [0.2, 0.25) is 0 Å². The van der Waals surface area contributed by atoms with Gasteiger partial charge in [-0.3, -0.25) is 4.79 Å². The van der Waals surface area contributed by atoms with Gasteiger partial charge in [-0.15, -0.1) is 0 Å². The zero-order chi connectivity index (χ0) is 65.9. The first kappa shape index (κ1) is 85.6. The highest BCUT2D eigenvalue weighted by Crippen LogP contribution is 2.30. The van der Waals surface area contributed by atoms with Crippen LogP contribution >= 0.6 is 0 Å². The maximum atomic E-state index is 13.4. The van der Waals surface area contributed by atoms with E-state index >= 15 is 0 Å². The first-order valence-electron chi connectivity index (χ1n) is 39.1. The fraction of sp³-hybridized carbons (Fsp3) is 0.935. The molecule has 1 amide bonds. The number of hydrogen-bond donors (Lipinski definition) is 9. The average Bonchev–Trinajstić information content (AvgIpc) is 0.971. The highest BCUT2D eigenvalue weighted by atomic mass is 16.7. The highest BCUT2D eigenvalue weighted by Gasteiger charge is 2.51. The van der Waals surface area contributed by atoms with Gasteiger partial charge < -0.3 is 65.1 Å². The Balaban J connectivity index is 1.64. The number of carbonyl (C=O) groups excluding carboxylic acids is 1. The maximum absolute atomic E-state index is 13.4. The van der Waals surface area contributed by atoms with Gasteiger partial charge in [0.2, 0.25) is 5.91 Å². The lowest BCUT2D eigenvalue weighted by atomic mass is 9.97. The molecule has 0 aromatic carbocycles. The number of amides is 1. The van der Waals surface area contributed by atoms with E-state index in [0.29, 0.717) is 12.8 Å². The van der Waals surface area contributed by atoms with Crippen molar-refractivity contribution in [1.29, 1.82) is 0 Å². The van der Waals surface area contributed by atoms with Crippen LogP contribution < -0.4 is 5.32 Å². The van der Waals surface area contributed by atoms with Crippen LogP contribution in [0.25, 0.3) is 0 Å². The van der Waals surface area contributed by atoms with Crippen molar-refractivity contribution in [2.45, 2.75) is 441 Å². The molecule has 9 N–H and O–H groups in total. The predicted octanol–water partition coefficient (Wildman–Crippen LogP) is 17.1. The van der Waals surface area contributed by atoms with Crippen molar-refractivity contribution in [3.8, 4) is 0 Å². The molecule has 0 spiro atoms. The maximum Gasteiger partial charge on any atom is 0.220 e. The Kier molecular flexibility index (Phi) is 58.3. The highest BCUT2D eigenvalue weighted by molar-refractivity contribution is 5.76. The Morgan fingerprint density at radius 1 is 0.385 bits per heavy atom. The molecule has 0 saturated carbocycles. The molecule has 14 heteroatoms. The molecule has 0 aromatic rings. The molecule has 2 aliphatic rings. The molecule has 0 aromatic heterocycles. The molecule has 0 bridgehead atoms. The SMILES string of the molecule is CCCCCCCCCCCCCCCCCCCCCCC/C=C/CC/C=C/C(O)C(COC1OC(CO)C(OC2OC(CO)C(O)C(O)C2O)C(O)C1O)NC(=O)CCCCCCCCCCCCCCCCCCCCCCCCCCCCCCCC. The zero-order valence-electron chi connectivity index (χ0n) is 58.9. The molecule has 91 heavy (non-hydrogen) atoms. The molecule has 2 fully saturated rings. The number of aliphatic hydroxyl groups is 8. The van der Waals surface area contributed by atoms with Crippen LogP contribution in [0.3, 0.4) is 0 Å². The van der Waals surface area contributed by atoms with Gasteiger partial charge in [0, 0.05) is 6.42 Å². The third-order valence-corrected chi connectivity index (χ3v) is 19.4. The van der Waals surface area contributed by atoms with E-state index in [1.54, 1.807) is 6.08 Å². The third kappa shape index (κ3) is 45.6. The molecular weight excluding hydrogens is 1150 g/mol. The van der Waals surface area contributed by atoms with E-state index in [-0.39, 0.29) is 18.9 Å². The fourth-order valence-electron chi connectivity index (χ4n) is 13.2. The number of rotatable bonds is 66. The van der Waals surface area contributed by atoms with E-state index in [2.05, 4.69) is 31.3 Å². The van der Waals surface area contributed by atoms with Crippen LogP contribution in [0, 0.1) is 0 Å². The fourth-order valence-corrected chi connectivity index (χ4v) is 13.2. The number of carbonyl (C=O) groups is 1. The van der Waals surface area contributed by atoms with E-state index in [4.69, 9.17) is 18.9 Å². The third-order valence-electron chi connectivity index (χ3n) is 19.4. The molecule has 2 rings (SSSR count). The van der Waals surface area contributed by atoms with Crippen LogP contribution in [-0.4, -0.2) is 140 Å². The largest absolute Gasteiger partial charge is 0.394 e. The van der Waals surface area contributed by atoms with Crippen molar-refractivity contribution in [1.82, 2.24) is 5.32 Å². The van der Waals surface area contributed by atoms with Crippen molar-refractivity contribution in [3.63, 3.8) is 0 Å². The molecular formula is C77H147NO13. The molecule has 2 heterocycles. The first-order chi connectivity index (χ1) is 44.6. The van der Waals surface area contributed by atoms with Crippen molar-refractivity contribution < 1.29 is 64.6 Å². The quantitative estimate of drug-likeness (QED) is 0.0204. The Morgan fingerprint density at radius 2 is 0.703 bits per heavy atom. The molecule has 538 valence electrons. The lowest BCUT2D eigenvalue weighted by molar-refractivity contribution is -0.359. The van der Waals surface area contributed by atoms with E-state index in [9.17, 15) is 45.6 Å². The Morgan fingerprint density at radius 3 is 1.08 bits per heavy atom. The van der Waals surface area contributed by atoms with Gasteiger partial charge >= 0.3 is 0 Å². The second-order valence-corrected chi connectivity index (χ2v) is 27.8. The summed E-state index contributed by atoms with van der Waals surface area (Å²) in [6.45, 7) is 2.85. The average molecular weight is 1300 g/mol. The Hall–Kier alpha value is -1.53. The summed E-state index contributed by atoms with van der Waals surface area (Å²) < 4.78 is 22.9. The second-order valence-electron chi connectivity index (χ2n) is 27.8. The van der Waals surface area contributed by atoms with Crippen LogP contribution in [-0.2, 0) is 23.7 Å². The minimum Gasteiger partial charge on any atom is -0.394 e. The standard InChI is InChI=1S/C77H147NO13/c1-3-5-7-9-11-13-15-17-19-21-23-25-27-29-31-32-33-35-37-39-41-43-45-47-49-51-53-55-57-59-61-69(82)78-65(64-88-76-74(87)72(85)75(68(63-80)90-76)91-77-73(86)71(84)70(83)67(62-79)89-77)66(81)60-58-56-54-52-50-48-46-44-42-40-38-36-34-30-28-26-24-22-20-18-16-14-12-10-8-6-4-2/h50,52,58,60,65-68,70-77,79-81,83-87H,3-49,51,53-57,59,61-64H2,1-2H3,(H,78,82)/b52-50+,60-58+. The number of nitrogens with one attached hydrogen (secondary N) is 1. The second kappa shape index (κ2) is 62.0. The summed E-state index contributed by atoms with van der Waals surface area (Å²) in [6, 6.07) is -0.930. The van der Waals surface area contributed by atoms with Gasteiger partial charge in [-0.25, -0.2) is 0 Å². The van der Waals surface area contributed by atoms with Crippen molar-refractivity contribution in [2.75, 3.05) is 19.8 Å². The lowest BCUT2D eigenvalue weighted by Gasteiger charge is -2.46. The number of unbranched alkanes of at least 4 members (excludes halogenated alkanes) is 51. The summed E-state index contributed by atoms with van der Waals surface area (Å²) in [5, 5.41) is 87.6. The minimum absolute atomic E-state index is 0.240. The summed E-state index contributed by atoms with van der Waals surface area (Å²) in [7, 11) is 0. The molecule has 0 radical (unpaired) electrons. The van der Waals surface area contributed by atoms with E-state index < -0.39 is 86.8 Å². The summed E-state index contributed by atoms with van der Waals surface area (Å²) in [4.78, 5) is 13.4. The van der Waals surface area contributed by atoms with Crippen molar-refractivity contribution >= 4 is 5.91 Å². The summed E-state index contributed by atoms with van der Waals surface area (Å²) in [5.41, 5.74) is 0. The predicted molar refractivity (Wildman–Crippen MR) is 374 cm³/mol. The number of ether oxygens (including phenoxy) is 4. The summed E-state index contributed by atoms with van der Waals surface area (Å²) in [5.74, 6) is -0.240. The van der Waals surface area contributed by atoms with Gasteiger partial charge in [-0.1, -0.05) is 353 Å².